The molecule has 2 aliphatic heterocycles. The molecule has 0 radical (unpaired) electrons. The lowest BCUT2D eigenvalue weighted by Crippen LogP contribution is -2.76. The third-order valence-electron chi connectivity index (χ3n) is 5.00. The highest BCUT2D eigenvalue weighted by atomic mass is 16.3. The number of amides is 3. The summed E-state index contributed by atoms with van der Waals surface area (Å²) < 4.78 is 0. The number of carbonyl (C=O) groups is 3. The van der Waals surface area contributed by atoms with Gasteiger partial charge < -0.3 is 20.8 Å². The minimum absolute atomic E-state index is 0.101. The monoisotopic (exact) mass is 327 g/mol. The van der Waals surface area contributed by atoms with Gasteiger partial charge in [-0.15, -0.1) is 0 Å². The molecule has 23 heavy (non-hydrogen) atoms. The van der Waals surface area contributed by atoms with Gasteiger partial charge in [-0.05, 0) is 26.7 Å². The molecule has 5 unspecified atom stereocenters. The van der Waals surface area contributed by atoms with Crippen LogP contribution in [0.15, 0.2) is 0 Å². The average molecular weight is 327 g/mol. The van der Waals surface area contributed by atoms with Crippen LogP contribution in [0.3, 0.4) is 0 Å². The molecule has 2 fully saturated rings. The zero-order valence-corrected chi connectivity index (χ0v) is 13.7. The maximum atomic E-state index is 12.6. The summed E-state index contributed by atoms with van der Waals surface area (Å²) in [6.45, 7) is 5.08. The second-order valence-electron chi connectivity index (χ2n) is 6.65. The molecule has 0 aromatic carbocycles. The van der Waals surface area contributed by atoms with E-state index in [0.29, 0.717) is 19.4 Å². The lowest BCUT2D eigenvalue weighted by atomic mass is 9.84. The molecule has 0 bridgehead atoms. The number of aliphatic hydroxyl groups excluding tert-OH is 2. The standard InChI is InChI=1S/C15H25N3O5/c1-8(9(2)19)12(21)18-6-4-5-15(18)7-17(14(15)23)13(22)11(16)10(3)20/h8-11,19-20H,4-7,16H2,1-3H3. The van der Waals surface area contributed by atoms with Crippen LogP contribution in [-0.4, -0.2) is 74.6 Å². The first-order valence-electron chi connectivity index (χ1n) is 7.92. The fraction of sp³-hybridized carbons (Fsp3) is 0.800. The van der Waals surface area contributed by atoms with Crippen molar-refractivity contribution in [3.05, 3.63) is 0 Å². The van der Waals surface area contributed by atoms with Gasteiger partial charge in [0.15, 0.2) is 0 Å². The molecule has 1 spiro atoms. The van der Waals surface area contributed by atoms with E-state index in [-0.39, 0.29) is 12.5 Å². The molecule has 0 aliphatic carbocycles. The van der Waals surface area contributed by atoms with Crippen molar-refractivity contribution < 1.29 is 24.6 Å². The summed E-state index contributed by atoms with van der Waals surface area (Å²) in [5.41, 5.74) is 4.60. The van der Waals surface area contributed by atoms with Crippen LogP contribution in [0.1, 0.15) is 33.6 Å². The summed E-state index contributed by atoms with van der Waals surface area (Å²) in [5.74, 6) is -1.96. The van der Waals surface area contributed by atoms with Crippen LogP contribution in [0.2, 0.25) is 0 Å². The normalized spacial score (nSPS) is 29.2. The molecule has 4 N–H and O–H groups in total. The Labute approximate surface area is 135 Å². The molecule has 8 nitrogen and oxygen atoms in total. The summed E-state index contributed by atoms with van der Waals surface area (Å²) in [6, 6.07) is -1.15. The molecular formula is C15H25N3O5. The Bertz CT molecular complexity index is 521. The molecule has 130 valence electrons. The molecule has 2 saturated heterocycles. The summed E-state index contributed by atoms with van der Waals surface area (Å²) in [7, 11) is 0. The van der Waals surface area contributed by atoms with E-state index >= 15 is 0 Å². The highest BCUT2D eigenvalue weighted by molar-refractivity contribution is 6.09. The van der Waals surface area contributed by atoms with Gasteiger partial charge in [0.1, 0.15) is 11.6 Å². The predicted molar refractivity (Wildman–Crippen MR) is 80.9 cm³/mol. The molecule has 0 saturated carbocycles. The Morgan fingerprint density at radius 1 is 1.17 bits per heavy atom. The fourth-order valence-corrected chi connectivity index (χ4v) is 3.16. The summed E-state index contributed by atoms with van der Waals surface area (Å²) >= 11 is 0. The molecule has 8 heteroatoms. The van der Waals surface area contributed by atoms with Gasteiger partial charge in [-0.2, -0.15) is 0 Å². The van der Waals surface area contributed by atoms with Gasteiger partial charge in [0.05, 0.1) is 24.7 Å². The first-order chi connectivity index (χ1) is 10.6. The Morgan fingerprint density at radius 2 is 1.78 bits per heavy atom. The number of nitrogens with zero attached hydrogens (tertiary/aromatic N) is 2. The zero-order chi connectivity index (χ0) is 17.5. The molecule has 2 aliphatic rings. The van der Waals surface area contributed by atoms with E-state index in [1.54, 1.807) is 6.92 Å². The number of rotatable bonds is 4. The number of carbonyl (C=O) groups excluding carboxylic acids is 3. The zero-order valence-electron chi connectivity index (χ0n) is 13.7. The molecule has 0 aromatic rings. The number of imide groups is 1. The molecule has 3 amide bonds. The van der Waals surface area contributed by atoms with E-state index < -0.39 is 41.5 Å². The SMILES string of the molecule is CC(O)C(C)C(=O)N1CCCC12CN(C(=O)C(N)C(C)O)C2=O. The van der Waals surface area contributed by atoms with Crippen molar-refractivity contribution in [2.45, 2.75) is 57.4 Å². The minimum Gasteiger partial charge on any atom is -0.393 e. The Hall–Kier alpha value is -1.51. The third kappa shape index (κ3) is 2.75. The van der Waals surface area contributed by atoms with E-state index in [4.69, 9.17) is 5.73 Å². The second-order valence-corrected chi connectivity index (χ2v) is 6.65. The maximum absolute atomic E-state index is 12.6. The highest BCUT2D eigenvalue weighted by Crippen LogP contribution is 2.40. The largest absolute Gasteiger partial charge is 0.393 e. The van der Waals surface area contributed by atoms with E-state index in [9.17, 15) is 24.6 Å². The van der Waals surface area contributed by atoms with Gasteiger partial charge in [-0.1, -0.05) is 6.92 Å². The quantitative estimate of drug-likeness (QED) is 0.537. The number of hydrogen-bond acceptors (Lipinski definition) is 6. The van der Waals surface area contributed by atoms with Gasteiger partial charge in [0.2, 0.25) is 11.8 Å². The van der Waals surface area contributed by atoms with Gasteiger partial charge in [-0.25, -0.2) is 0 Å². The maximum Gasteiger partial charge on any atom is 0.257 e. The van der Waals surface area contributed by atoms with E-state index in [0.717, 1.165) is 4.90 Å². The van der Waals surface area contributed by atoms with E-state index in [2.05, 4.69) is 0 Å². The molecule has 2 heterocycles. The van der Waals surface area contributed by atoms with Crippen molar-refractivity contribution in [3.63, 3.8) is 0 Å². The van der Waals surface area contributed by atoms with Crippen molar-refractivity contribution in [2.24, 2.45) is 11.7 Å². The lowest BCUT2D eigenvalue weighted by Gasteiger charge is -2.51. The Morgan fingerprint density at radius 3 is 2.26 bits per heavy atom. The first kappa shape index (κ1) is 17.8. The minimum atomic E-state index is -1.15. The third-order valence-corrected chi connectivity index (χ3v) is 5.00. The smallest absolute Gasteiger partial charge is 0.257 e. The topological polar surface area (TPSA) is 124 Å². The van der Waals surface area contributed by atoms with Crippen LogP contribution >= 0.6 is 0 Å². The molecule has 2 rings (SSSR count). The van der Waals surface area contributed by atoms with E-state index in [1.165, 1.54) is 18.7 Å². The number of nitrogens with two attached hydrogens (primary N) is 1. The summed E-state index contributed by atoms with van der Waals surface area (Å²) in [5, 5.41) is 19.0. The van der Waals surface area contributed by atoms with Gasteiger partial charge >= 0.3 is 0 Å². The number of hydrogen-bond donors (Lipinski definition) is 3. The van der Waals surface area contributed by atoms with Crippen molar-refractivity contribution in [1.29, 1.82) is 0 Å². The average Bonchev–Trinajstić information content (AvgIpc) is 2.95. The van der Waals surface area contributed by atoms with Gasteiger partial charge in [-0.3, -0.25) is 19.3 Å². The Balaban J connectivity index is 2.13. The summed E-state index contributed by atoms with van der Waals surface area (Å²) in [4.78, 5) is 39.7. The second kappa shape index (κ2) is 6.18. The van der Waals surface area contributed by atoms with Gasteiger partial charge in [0, 0.05) is 6.54 Å². The predicted octanol–water partition coefficient (Wildman–Crippen LogP) is -1.56. The van der Waals surface area contributed by atoms with Crippen LogP contribution in [0.4, 0.5) is 0 Å². The number of aliphatic hydroxyl groups is 2. The fourth-order valence-electron chi connectivity index (χ4n) is 3.16. The van der Waals surface area contributed by atoms with Crippen LogP contribution in [0, 0.1) is 5.92 Å². The van der Waals surface area contributed by atoms with Crippen LogP contribution < -0.4 is 5.73 Å². The van der Waals surface area contributed by atoms with Crippen molar-refractivity contribution in [1.82, 2.24) is 9.80 Å². The van der Waals surface area contributed by atoms with Crippen LogP contribution in [0.5, 0.6) is 0 Å². The number of β-lactam (4-membered cyclic amide) rings is 1. The Kier molecular flexibility index (Phi) is 4.79. The molecule has 0 aromatic heterocycles. The molecule has 5 atom stereocenters. The van der Waals surface area contributed by atoms with Gasteiger partial charge in [0.25, 0.3) is 5.91 Å². The van der Waals surface area contributed by atoms with Crippen LogP contribution in [-0.2, 0) is 14.4 Å². The van der Waals surface area contributed by atoms with Crippen molar-refractivity contribution in [2.75, 3.05) is 13.1 Å². The molecular weight excluding hydrogens is 302 g/mol. The van der Waals surface area contributed by atoms with Crippen LogP contribution in [0.25, 0.3) is 0 Å². The van der Waals surface area contributed by atoms with E-state index in [1.807, 2.05) is 0 Å². The van der Waals surface area contributed by atoms with Crippen molar-refractivity contribution in [3.8, 4) is 0 Å². The summed E-state index contributed by atoms with van der Waals surface area (Å²) in [6.07, 6.45) is -0.688. The van der Waals surface area contributed by atoms with Crippen molar-refractivity contribution >= 4 is 17.7 Å². The highest BCUT2D eigenvalue weighted by Gasteiger charge is 2.62. The first-order valence-corrected chi connectivity index (χ1v) is 7.92. The lowest BCUT2D eigenvalue weighted by molar-refractivity contribution is -0.176. The number of likely N-dealkylation sites (tertiary alicyclic amines) is 2.